The molecule has 0 spiro atoms. The van der Waals surface area contributed by atoms with Crippen molar-refractivity contribution in [3.05, 3.63) is 53.7 Å². The van der Waals surface area contributed by atoms with Crippen LogP contribution in [0.5, 0.6) is 5.75 Å². The fraction of sp³-hybridized carbons (Fsp3) is 0.407. The molecule has 2 aromatic heterocycles. The second-order valence-electron chi connectivity index (χ2n) is 9.57. The molecule has 1 amide bonds. The Labute approximate surface area is 226 Å². The average molecular weight is 620 g/mol. The molecule has 0 radical (unpaired) electrons. The molecule has 1 aromatic carbocycles. The zero-order chi connectivity index (χ0) is 25.9. The van der Waals surface area contributed by atoms with Gasteiger partial charge in [0.15, 0.2) is 0 Å². The number of methoxy groups -OCH3 is 1. The van der Waals surface area contributed by atoms with Crippen LogP contribution in [0.4, 0.5) is 21.5 Å². The third-order valence-electron chi connectivity index (χ3n) is 7.24. The molecule has 0 fully saturated rings. The number of carbonyl (C=O) groups is 1. The molecule has 5 rings (SSSR count). The zero-order valence-corrected chi connectivity index (χ0v) is 23.3. The molecule has 4 heterocycles. The number of benzene rings is 1. The van der Waals surface area contributed by atoms with E-state index < -0.39 is 27.4 Å². The summed E-state index contributed by atoms with van der Waals surface area (Å²) >= 11 is -0.685. The molecule has 10 heteroatoms. The number of aromatic nitrogens is 2. The molecular weight excluding hydrogens is 588 g/mol. The van der Waals surface area contributed by atoms with Gasteiger partial charge in [0.1, 0.15) is 0 Å². The number of hydrogen-bond donors (Lipinski definition) is 4. The van der Waals surface area contributed by atoms with Crippen LogP contribution in [0.1, 0.15) is 46.7 Å². The van der Waals surface area contributed by atoms with Gasteiger partial charge in [-0.25, -0.2) is 0 Å². The maximum atomic E-state index is 14.5. The van der Waals surface area contributed by atoms with E-state index in [1.165, 1.54) is 13.2 Å². The quantitative estimate of drug-likeness (QED) is 0.265. The van der Waals surface area contributed by atoms with Gasteiger partial charge in [0, 0.05) is 0 Å². The number of hydrogen-bond acceptors (Lipinski definition) is 6. The normalized spacial score (nSPS) is 22.3. The van der Waals surface area contributed by atoms with E-state index in [2.05, 4.69) is 39.8 Å². The summed E-state index contributed by atoms with van der Waals surface area (Å²) < 4.78 is 26.2. The Morgan fingerprint density at radius 1 is 1.19 bits per heavy atom. The van der Waals surface area contributed by atoms with Gasteiger partial charge in [-0.1, -0.05) is 0 Å². The van der Waals surface area contributed by atoms with Gasteiger partial charge in [-0.3, -0.25) is 0 Å². The number of carbonyl (C=O) groups excluding carboxylic acids is 1. The summed E-state index contributed by atoms with van der Waals surface area (Å²) in [5, 5.41) is 9.93. The zero-order valence-electron chi connectivity index (χ0n) is 21.2. The summed E-state index contributed by atoms with van der Waals surface area (Å²) in [6, 6.07) is 6.62. The Hall–Kier alpha value is -2.86. The van der Waals surface area contributed by atoms with E-state index in [1.54, 1.807) is 18.3 Å². The number of aromatic amines is 1. The number of nitrogens with one attached hydrogen (secondary N) is 4. The molecule has 0 saturated heterocycles. The molecule has 3 atom stereocenters. The van der Waals surface area contributed by atoms with Crippen molar-refractivity contribution in [2.75, 3.05) is 37.4 Å². The number of alkyl halides is 1. The van der Waals surface area contributed by atoms with Crippen molar-refractivity contribution in [2.24, 2.45) is 11.8 Å². The molecule has 198 valence electrons. The van der Waals surface area contributed by atoms with Crippen LogP contribution in [0.25, 0.3) is 11.3 Å². The van der Waals surface area contributed by atoms with E-state index >= 15 is 0 Å². The minimum atomic E-state index is -0.685. The first-order valence-corrected chi connectivity index (χ1v) is 14.7. The van der Waals surface area contributed by atoms with E-state index in [0.29, 0.717) is 35.3 Å². The summed E-state index contributed by atoms with van der Waals surface area (Å²) in [5.74, 6) is 0.533. The predicted octanol–water partition coefficient (Wildman–Crippen LogP) is 2.25. The van der Waals surface area contributed by atoms with E-state index in [9.17, 15) is 9.18 Å². The fourth-order valence-electron chi connectivity index (χ4n) is 4.82. The van der Waals surface area contributed by atoms with E-state index in [4.69, 9.17) is 7.80 Å². The number of para-hydroxylation sites is 1. The van der Waals surface area contributed by atoms with Crippen molar-refractivity contribution in [3.8, 4) is 17.0 Å². The molecule has 37 heavy (non-hydrogen) atoms. The van der Waals surface area contributed by atoms with Gasteiger partial charge in [-0.15, -0.1) is 0 Å². The first-order valence-electron chi connectivity index (χ1n) is 12.5. The number of anilines is 3. The van der Waals surface area contributed by atoms with Crippen LogP contribution in [0.2, 0.25) is 0 Å². The second-order valence-corrected chi connectivity index (χ2v) is 12.2. The number of nitrogens with zero attached hydrogens (tertiary/aromatic N) is 1. The van der Waals surface area contributed by atoms with Gasteiger partial charge in [0.05, 0.1) is 0 Å². The van der Waals surface area contributed by atoms with Crippen molar-refractivity contribution in [2.45, 2.75) is 30.6 Å². The Kier molecular flexibility index (Phi) is 7.84. The molecule has 2 aliphatic heterocycles. The number of H-pyrrole nitrogens is 1. The van der Waals surface area contributed by atoms with Crippen molar-refractivity contribution in [1.82, 2.24) is 15.3 Å². The van der Waals surface area contributed by atoms with Crippen LogP contribution in [0, 0.1) is 17.7 Å². The molecule has 4 N–H and O–H groups in total. The van der Waals surface area contributed by atoms with Crippen molar-refractivity contribution in [3.63, 3.8) is 0 Å². The first kappa shape index (κ1) is 25.8. The van der Waals surface area contributed by atoms with Gasteiger partial charge >= 0.3 is 227 Å². The van der Waals surface area contributed by atoms with E-state index in [1.807, 2.05) is 12.3 Å². The summed E-state index contributed by atoms with van der Waals surface area (Å²) in [6.45, 7) is 6.61. The summed E-state index contributed by atoms with van der Waals surface area (Å²) in [5.41, 5.74) is 4.88. The van der Waals surface area contributed by atoms with Crippen LogP contribution >= 0.6 is 0 Å². The van der Waals surface area contributed by atoms with Crippen LogP contribution in [0.3, 0.4) is 0 Å². The summed E-state index contributed by atoms with van der Waals surface area (Å²) in [7, 11) is 1.43. The number of halogens is 2. The molecule has 0 aliphatic carbocycles. The van der Waals surface area contributed by atoms with Crippen LogP contribution in [-0.2, 0) is 3.07 Å². The van der Waals surface area contributed by atoms with Crippen LogP contribution < -0.4 is 42.3 Å². The maximum absolute atomic E-state index is 14.5. The van der Waals surface area contributed by atoms with E-state index in [-0.39, 0.29) is 15.6 Å². The van der Waals surface area contributed by atoms with Gasteiger partial charge in [0.2, 0.25) is 0 Å². The molecule has 0 saturated carbocycles. The summed E-state index contributed by atoms with van der Waals surface area (Å²) in [6.07, 6.45) is 5.57. The number of fused-ring (bicyclic) bond motifs is 3. The Morgan fingerprint density at radius 3 is 2.86 bits per heavy atom. The Balaban J connectivity index is 1.65. The topological polar surface area (TPSA) is 100 Å². The molecule has 8 nitrogen and oxygen atoms in total. The van der Waals surface area contributed by atoms with Crippen molar-refractivity contribution in [1.29, 1.82) is 0 Å². The van der Waals surface area contributed by atoms with Crippen LogP contribution in [-0.4, -0.2) is 42.7 Å². The van der Waals surface area contributed by atoms with E-state index in [0.717, 1.165) is 48.6 Å². The summed E-state index contributed by atoms with van der Waals surface area (Å²) in [4.78, 5) is 21.2. The first-order chi connectivity index (χ1) is 18.0. The molecule has 2 bridgehead atoms. The van der Waals surface area contributed by atoms with Crippen molar-refractivity contribution < 1.29 is 38.6 Å². The Bertz CT molecular complexity index is 1280. The number of pyridine rings is 1. The Morgan fingerprint density at radius 2 is 2.03 bits per heavy atom. The number of ether oxygens (including phenoxy) is 1. The average Bonchev–Trinajstić information content (AvgIpc) is 3.27. The monoisotopic (exact) mass is 620 g/mol. The van der Waals surface area contributed by atoms with Gasteiger partial charge in [-0.05, 0) is 0 Å². The molecule has 2 aliphatic rings. The fourth-order valence-corrected chi connectivity index (χ4v) is 6.89. The molecular formula is C27H32FIN5O3-. The minimum absolute atomic E-state index is 0.0614. The van der Waals surface area contributed by atoms with Crippen LogP contribution in [0.15, 0.2) is 36.7 Å². The number of amides is 1. The van der Waals surface area contributed by atoms with Gasteiger partial charge in [-0.2, -0.15) is 0 Å². The third kappa shape index (κ3) is 5.26. The van der Waals surface area contributed by atoms with Gasteiger partial charge in [0.25, 0.3) is 0 Å². The number of rotatable bonds is 3. The SMILES string of the molecule is COc1c(F)cccc1Nc1c2[nH]c3c1C(=O)NCC3[I-]OCCC(C)C(C)CCNc1cnccc1-2. The van der Waals surface area contributed by atoms with Crippen molar-refractivity contribution >= 4 is 23.0 Å². The van der Waals surface area contributed by atoms with Gasteiger partial charge < -0.3 is 0 Å². The molecule has 3 aromatic rings. The standard InChI is InChI=1S/C27H32FIN5O3/c1-15-7-11-31-21-14-30-10-8-17(21)23-25(33-20-6-4-5-18(28)26(20)36-3)22-24(34-23)19(13-32-27(22)35)29-37-12-9-16(15)2/h4-6,8,10,14-16,19,31,33-34H,7,9,11-13H2,1-3H3,(H,32,35)/q-1. The predicted molar refractivity (Wildman–Crippen MR) is 137 cm³/mol. The molecule has 3 unspecified atom stereocenters. The third-order valence-corrected chi connectivity index (χ3v) is 9.72. The second kappa shape index (κ2) is 11.3.